The summed E-state index contributed by atoms with van der Waals surface area (Å²) in [6.45, 7) is 2.15. The molecule has 1 atom stereocenters. The molecular formula is C16H16N4S. The number of aromatic nitrogens is 2. The van der Waals surface area contributed by atoms with E-state index in [9.17, 15) is 0 Å². The van der Waals surface area contributed by atoms with E-state index in [1.165, 1.54) is 16.0 Å². The van der Waals surface area contributed by atoms with Crippen LogP contribution in [-0.2, 0) is 12.8 Å². The number of nitrogens with two attached hydrogens (primary N) is 1. The van der Waals surface area contributed by atoms with Crippen LogP contribution in [0.1, 0.15) is 34.7 Å². The van der Waals surface area contributed by atoms with Crippen LogP contribution < -0.4 is 11.3 Å². The highest BCUT2D eigenvalue weighted by atomic mass is 32.1. The highest BCUT2D eigenvalue weighted by Gasteiger charge is 2.30. The minimum Gasteiger partial charge on any atom is -0.308 e. The molecule has 0 saturated heterocycles. The maximum Gasteiger partial charge on any atom is 0.152 e. The summed E-state index contributed by atoms with van der Waals surface area (Å²) < 4.78 is 0. The van der Waals surface area contributed by atoms with Gasteiger partial charge in [-0.25, -0.2) is 15.8 Å². The lowest BCUT2D eigenvalue weighted by atomic mass is 9.77. The Hall–Kier alpha value is -1.98. The molecule has 0 spiro atoms. The van der Waals surface area contributed by atoms with Gasteiger partial charge in [0.15, 0.2) is 5.82 Å². The van der Waals surface area contributed by atoms with Gasteiger partial charge in [0.1, 0.15) is 10.7 Å². The number of anilines is 1. The first-order chi connectivity index (χ1) is 10.3. The minimum absolute atomic E-state index is 0.296. The van der Waals surface area contributed by atoms with E-state index in [1.807, 2.05) is 0 Å². The van der Waals surface area contributed by atoms with Crippen molar-refractivity contribution in [1.29, 1.82) is 0 Å². The number of nitrogens with zero attached hydrogens (tertiary/aromatic N) is 2. The highest BCUT2D eigenvalue weighted by molar-refractivity contribution is 7.18. The quantitative estimate of drug-likeness (QED) is 0.575. The Bertz CT molecular complexity index is 824. The minimum atomic E-state index is 0.296. The van der Waals surface area contributed by atoms with Gasteiger partial charge in [0.2, 0.25) is 0 Å². The summed E-state index contributed by atoms with van der Waals surface area (Å²) in [7, 11) is 0. The maximum absolute atomic E-state index is 5.65. The molecule has 1 unspecified atom stereocenters. The van der Waals surface area contributed by atoms with Crippen molar-refractivity contribution in [3.05, 3.63) is 52.2 Å². The number of aryl methyl sites for hydroxylation is 1. The van der Waals surface area contributed by atoms with Crippen molar-refractivity contribution in [1.82, 2.24) is 9.97 Å². The molecule has 21 heavy (non-hydrogen) atoms. The lowest BCUT2D eigenvalue weighted by molar-refractivity contribution is 0.665. The zero-order valence-corrected chi connectivity index (χ0v) is 12.6. The van der Waals surface area contributed by atoms with Gasteiger partial charge >= 0.3 is 0 Å². The Balaban J connectivity index is 1.83. The van der Waals surface area contributed by atoms with Gasteiger partial charge in [0.05, 0.1) is 5.39 Å². The predicted octanol–water partition coefficient (Wildman–Crippen LogP) is 3.23. The molecule has 0 aliphatic heterocycles. The molecule has 0 bridgehead atoms. The standard InChI is InChI=1S/C16H16N4S/c1-2-10-8-13-15(20-17)18-14(19-16(13)21-10)12-7-9-5-3-4-6-11(9)12/h3-6,8,12H,2,7,17H2,1H3,(H,18,19,20). The summed E-state index contributed by atoms with van der Waals surface area (Å²) in [4.78, 5) is 11.8. The van der Waals surface area contributed by atoms with E-state index in [0.717, 1.165) is 34.7 Å². The second-order valence-electron chi connectivity index (χ2n) is 5.32. The fourth-order valence-electron chi connectivity index (χ4n) is 2.92. The number of nitrogens with one attached hydrogen (secondary N) is 1. The SMILES string of the molecule is CCc1cc2c(NN)nc(C3Cc4ccccc43)nc2s1. The molecule has 1 aliphatic rings. The monoisotopic (exact) mass is 296 g/mol. The molecule has 4 nitrogen and oxygen atoms in total. The Kier molecular flexibility index (Phi) is 2.90. The fourth-order valence-corrected chi connectivity index (χ4v) is 3.89. The Labute approximate surface area is 127 Å². The molecule has 0 radical (unpaired) electrons. The van der Waals surface area contributed by atoms with E-state index in [2.05, 4.69) is 47.7 Å². The van der Waals surface area contributed by atoms with Crippen LogP contribution in [-0.4, -0.2) is 9.97 Å². The molecule has 3 N–H and O–H groups in total. The van der Waals surface area contributed by atoms with E-state index in [0.29, 0.717) is 5.92 Å². The number of hydrogen-bond donors (Lipinski definition) is 2. The van der Waals surface area contributed by atoms with E-state index in [4.69, 9.17) is 10.8 Å². The fraction of sp³-hybridized carbons (Fsp3) is 0.250. The predicted molar refractivity (Wildman–Crippen MR) is 86.6 cm³/mol. The number of hydrogen-bond acceptors (Lipinski definition) is 5. The summed E-state index contributed by atoms with van der Waals surface area (Å²) >= 11 is 1.73. The van der Waals surface area contributed by atoms with E-state index >= 15 is 0 Å². The third kappa shape index (κ3) is 1.92. The van der Waals surface area contributed by atoms with Crippen molar-refractivity contribution < 1.29 is 0 Å². The lowest BCUT2D eigenvalue weighted by Crippen LogP contribution is -2.21. The number of fused-ring (bicyclic) bond motifs is 2. The van der Waals surface area contributed by atoms with Crippen LogP contribution in [0.25, 0.3) is 10.2 Å². The van der Waals surface area contributed by atoms with Gasteiger partial charge in [0, 0.05) is 10.8 Å². The van der Waals surface area contributed by atoms with Crippen molar-refractivity contribution >= 4 is 27.4 Å². The van der Waals surface area contributed by atoms with E-state index in [-0.39, 0.29) is 0 Å². The van der Waals surface area contributed by atoms with Gasteiger partial charge < -0.3 is 5.43 Å². The molecule has 1 aromatic carbocycles. The molecule has 1 aliphatic carbocycles. The molecular weight excluding hydrogens is 280 g/mol. The maximum atomic E-state index is 5.65. The molecule has 0 fully saturated rings. The first kappa shape index (κ1) is 12.7. The number of rotatable bonds is 3. The molecule has 5 heteroatoms. The lowest BCUT2D eigenvalue weighted by Gasteiger charge is -2.28. The van der Waals surface area contributed by atoms with Gasteiger partial charge in [0.25, 0.3) is 0 Å². The molecule has 4 rings (SSSR count). The van der Waals surface area contributed by atoms with Crippen LogP contribution in [0.5, 0.6) is 0 Å². The van der Waals surface area contributed by atoms with Crippen LogP contribution in [0.4, 0.5) is 5.82 Å². The van der Waals surface area contributed by atoms with Crippen LogP contribution in [0.3, 0.4) is 0 Å². The van der Waals surface area contributed by atoms with Crippen LogP contribution >= 0.6 is 11.3 Å². The topological polar surface area (TPSA) is 63.8 Å². The smallest absolute Gasteiger partial charge is 0.152 e. The van der Waals surface area contributed by atoms with Gasteiger partial charge in [-0.2, -0.15) is 0 Å². The first-order valence-electron chi connectivity index (χ1n) is 7.15. The third-order valence-corrected chi connectivity index (χ3v) is 5.29. The van der Waals surface area contributed by atoms with Crippen LogP contribution in [0, 0.1) is 0 Å². The zero-order chi connectivity index (χ0) is 14.4. The summed E-state index contributed by atoms with van der Waals surface area (Å²) in [5, 5.41) is 1.02. The summed E-state index contributed by atoms with van der Waals surface area (Å²) in [5.41, 5.74) is 5.47. The molecule has 2 aromatic heterocycles. The molecule has 3 aromatic rings. The average molecular weight is 296 g/mol. The largest absolute Gasteiger partial charge is 0.308 e. The van der Waals surface area contributed by atoms with Crippen molar-refractivity contribution in [2.45, 2.75) is 25.7 Å². The first-order valence-corrected chi connectivity index (χ1v) is 7.96. The molecule has 0 amide bonds. The second-order valence-corrected chi connectivity index (χ2v) is 6.43. The van der Waals surface area contributed by atoms with Crippen molar-refractivity contribution in [2.75, 3.05) is 5.43 Å². The number of nitrogen functional groups attached to an aromatic ring is 1. The van der Waals surface area contributed by atoms with Gasteiger partial charge in [-0.3, -0.25) is 0 Å². The van der Waals surface area contributed by atoms with Crippen LogP contribution in [0.15, 0.2) is 30.3 Å². The normalized spacial score (nSPS) is 16.6. The summed E-state index contributed by atoms with van der Waals surface area (Å²) in [6, 6.07) is 10.6. The Morgan fingerprint density at radius 1 is 1.33 bits per heavy atom. The van der Waals surface area contributed by atoms with E-state index < -0.39 is 0 Å². The Morgan fingerprint density at radius 2 is 2.19 bits per heavy atom. The number of benzene rings is 1. The van der Waals surface area contributed by atoms with Gasteiger partial charge in [-0.1, -0.05) is 31.2 Å². The summed E-state index contributed by atoms with van der Waals surface area (Å²) in [6.07, 6.45) is 2.02. The third-order valence-electron chi connectivity index (χ3n) is 4.11. The van der Waals surface area contributed by atoms with Crippen molar-refractivity contribution in [3.8, 4) is 0 Å². The highest BCUT2D eigenvalue weighted by Crippen LogP contribution is 2.40. The van der Waals surface area contributed by atoms with Crippen LogP contribution in [0.2, 0.25) is 0 Å². The molecule has 2 heterocycles. The van der Waals surface area contributed by atoms with Crippen molar-refractivity contribution in [3.63, 3.8) is 0 Å². The zero-order valence-electron chi connectivity index (χ0n) is 11.8. The number of thiophene rings is 1. The average Bonchev–Trinajstić information content (AvgIpc) is 2.91. The molecule has 0 saturated carbocycles. The molecule has 106 valence electrons. The van der Waals surface area contributed by atoms with Gasteiger partial charge in [-0.15, -0.1) is 11.3 Å². The number of hydrazine groups is 1. The summed E-state index contributed by atoms with van der Waals surface area (Å²) in [5.74, 6) is 7.56. The Morgan fingerprint density at radius 3 is 2.95 bits per heavy atom. The van der Waals surface area contributed by atoms with Crippen molar-refractivity contribution in [2.24, 2.45) is 5.84 Å². The second kappa shape index (κ2) is 4.79. The van der Waals surface area contributed by atoms with E-state index in [1.54, 1.807) is 11.3 Å². The van der Waals surface area contributed by atoms with Gasteiger partial charge in [-0.05, 0) is 30.0 Å².